The van der Waals surface area contributed by atoms with Gasteiger partial charge in [-0.25, -0.2) is 0 Å². The summed E-state index contributed by atoms with van der Waals surface area (Å²) in [6.45, 7) is 4.09. The van der Waals surface area contributed by atoms with E-state index in [1.807, 2.05) is 55.6 Å². The van der Waals surface area contributed by atoms with Crippen molar-refractivity contribution in [1.29, 1.82) is 0 Å². The van der Waals surface area contributed by atoms with Crippen molar-refractivity contribution >= 4 is 33.1 Å². The number of aromatic nitrogens is 2. The van der Waals surface area contributed by atoms with Gasteiger partial charge in [-0.3, -0.25) is 14.2 Å². The molecule has 4 nitrogen and oxygen atoms in total. The maximum Gasteiger partial charge on any atom is 0.268 e. The quantitative estimate of drug-likeness (QED) is 0.601. The average molecular weight is 336 g/mol. The van der Waals surface area contributed by atoms with Crippen LogP contribution in [0, 0.1) is 0 Å². The van der Waals surface area contributed by atoms with Gasteiger partial charge in [-0.15, -0.1) is 11.3 Å². The first-order valence-electron chi connectivity index (χ1n) is 7.81. The van der Waals surface area contributed by atoms with Gasteiger partial charge in [-0.2, -0.15) is 0 Å². The van der Waals surface area contributed by atoms with Gasteiger partial charge in [0, 0.05) is 22.1 Å². The number of aromatic amines is 1. The Hall–Kier alpha value is -2.66. The van der Waals surface area contributed by atoms with E-state index in [4.69, 9.17) is 0 Å². The van der Waals surface area contributed by atoms with Crippen LogP contribution in [0.1, 0.15) is 25.5 Å². The van der Waals surface area contributed by atoms with Crippen molar-refractivity contribution in [3.63, 3.8) is 0 Å². The third-order valence-electron chi connectivity index (χ3n) is 4.25. The lowest BCUT2D eigenvalue weighted by atomic mass is 10.1. The van der Waals surface area contributed by atoms with E-state index < -0.39 is 0 Å². The fourth-order valence-electron chi connectivity index (χ4n) is 3.06. The number of rotatable bonds is 2. The zero-order chi connectivity index (χ0) is 16.8. The second kappa shape index (κ2) is 5.46. The van der Waals surface area contributed by atoms with Crippen molar-refractivity contribution in [2.45, 2.75) is 19.8 Å². The van der Waals surface area contributed by atoms with Crippen molar-refractivity contribution in [1.82, 2.24) is 9.55 Å². The van der Waals surface area contributed by atoms with E-state index in [1.54, 1.807) is 9.95 Å². The van der Waals surface area contributed by atoms with Crippen molar-refractivity contribution in [2.75, 3.05) is 0 Å². The summed E-state index contributed by atoms with van der Waals surface area (Å²) in [6.07, 6.45) is 0. The third kappa shape index (κ3) is 2.12. The molecular weight excluding hydrogens is 320 g/mol. The van der Waals surface area contributed by atoms with Gasteiger partial charge in [0.1, 0.15) is 5.39 Å². The van der Waals surface area contributed by atoms with E-state index in [0.29, 0.717) is 10.9 Å². The summed E-state index contributed by atoms with van der Waals surface area (Å²) in [5, 5.41) is 4.47. The Balaban J connectivity index is 2.22. The molecule has 0 aliphatic carbocycles. The first-order chi connectivity index (χ1) is 11.6. The van der Waals surface area contributed by atoms with Gasteiger partial charge in [0.15, 0.2) is 0 Å². The fourth-order valence-corrected chi connectivity index (χ4v) is 3.82. The number of fused-ring (bicyclic) bond motifs is 2. The highest BCUT2D eigenvalue weighted by molar-refractivity contribution is 7.09. The molecule has 0 unspecified atom stereocenters. The van der Waals surface area contributed by atoms with E-state index >= 15 is 0 Å². The van der Waals surface area contributed by atoms with Gasteiger partial charge >= 0.3 is 0 Å². The lowest BCUT2D eigenvalue weighted by Crippen LogP contribution is -2.27. The fraction of sp³-hybridized carbons (Fsp3) is 0.158. The highest BCUT2D eigenvalue weighted by Crippen LogP contribution is 2.22. The van der Waals surface area contributed by atoms with E-state index in [1.165, 1.54) is 11.3 Å². The summed E-state index contributed by atoms with van der Waals surface area (Å²) in [6, 6.07) is 11.4. The molecule has 4 aromatic rings. The third-order valence-corrected chi connectivity index (χ3v) is 4.99. The number of nitrogens with one attached hydrogen (secondary N) is 1. The summed E-state index contributed by atoms with van der Waals surface area (Å²) in [5.74, 6) is 0.143. The zero-order valence-corrected chi connectivity index (χ0v) is 14.2. The highest BCUT2D eigenvalue weighted by atomic mass is 32.1. The minimum absolute atomic E-state index is 0.143. The van der Waals surface area contributed by atoms with Gasteiger partial charge < -0.3 is 4.98 Å². The monoisotopic (exact) mass is 336 g/mol. The van der Waals surface area contributed by atoms with Gasteiger partial charge in [0.05, 0.1) is 16.4 Å². The van der Waals surface area contributed by atoms with Crippen LogP contribution in [0.5, 0.6) is 0 Å². The molecule has 0 fully saturated rings. The SMILES string of the molecule is CC(C)c1cc2[nH]c3cscc3c(=O)c2c(=O)n1-c1ccccc1. The molecule has 0 radical (unpaired) electrons. The largest absolute Gasteiger partial charge is 0.353 e. The van der Waals surface area contributed by atoms with Crippen molar-refractivity contribution in [3.8, 4) is 5.69 Å². The van der Waals surface area contributed by atoms with Gasteiger partial charge in [-0.1, -0.05) is 32.0 Å². The Labute approximate surface area is 142 Å². The van der Waals surface area contributed by atoms with Crippen molar-refractivity contribution in [2.24, 2.45) is 0 Å². The number of hydrogen-bond acceptors (Lipinski definition) is 3. The lowest BCUT2D eigenvalue weighted by Gasteiger charge is -2.17. The highest BCUT2D eigenvalue weighted by Gasteiger charge is 2.17. The first-order valence-corrected chi connectivity index (χ1v) is 8.75. The Morgan fingerprint density at radius 1 is 1.04 bits per heavy atom. The molecule has 0 spiro atoms. The first kappa shape index (κ1) is 14.9. The van der Waals surface area contributed by atoms with Crippen molar-refractivity contribution < 1.29 is 0 Å². The number of thiophene rings is 1. The molecule has 0 aliphatic heterocycles. The predicted molar refractivity (Wildman–Crippen MR) is 99.6 cm³/mol. The summed E-state index contributed by atoms with van der Waals surface area (Å²) < 4.78 is 1.65. The topological polar surface area (TPSA) is 54.9 Å². The molecule has 120 valence electrons. The van der Waals surface area contributed by atoms with Gasteiger partial charge in [0.2, 0.25) is 5.43 Å². The van der Waals surface area contributed by atoms with Crippen LogP contribution in [0.25, 0.3) is 27.5 Å². The molecule has 1 N–H and O–H groups in total. The summed E-state index contributed by atoms with van der Waals surface area (Å²) in [4.78, 5) is 29.2. The molecule has 0 saturated heterocycles. The Kier molecular flexibility index (Phi) is 3.39. The summed E-state index contributed by atoms with van der Waals surface area (Å²) in [7, 11) is 0. The molecule has 1 aromatic carbocycles. The Morgan fingerprint density at radius 3 is 2.50 bits per heavy atom. The minimum atomic E-state index is -0.267. The number of nitrogens with zero attached hydrogens (tertiary/aromatic N) is 1. The van der Waals surface area contributed by atoms with E-state index in [-0.39, 0.29) is 22.3 Å². The van der Waals surface area contributed by atoms with E-state index in [0.717, 1.165) is 16.9 Å². The molecule has 3 heterocycles. The zero-order valence-electron chi connectivity index (χ0n) is 13.4. The minimum Gasteiger partial charge on any atom is -0.353 e. The molecule has 0 atom stereocenters. The van der Waals surface area contributed by atoms with Crippen molar-refractivity contribution in [3.05, 3.63) is 73.4 Å². The lowest BCUT2D eigenvalue weighted by molar-refractivity contribution is 0.764. The predicted octanol–water partition coefficient (Wildman–Crippen LogP) is 4.02. The summed E-state index contributed by atoms with van der Waals surface area (Å²) >= 11 is 1.45. The molecule has 4 rings (SSSR count). The second-order valence-electron chi connectivity index (χ2n) is 6.14. The maximum absolute atomic E-state index is 13.2. The molecule has 5 heteroatoms. The number of hydrogen-bond donors (Lipinski definition) is 1. The number of pyridine rings is 2. The molecule has 3 aromatic heterocycles. The average Bonchev–Trinajstić information content (AvgIpc) is 3.04. The van der Waals surface area contributed by atoms with Gasteiger partial charge in [0.25, 0.3) is 5.56 Å². The molecule has 0 aliphatic rings. The Morgan fingerprint density at radius 2 is 1.79 bits per heavy atom. The molecular formula is C19H16N2O2S. The van der Waals surface area contributed by atoms with Crippen LogP contribution >= 0.6 is 11.3 Å². The number of para-hydroxylation sites is 1. The molecule has 24 heavy (non-hydrogen) atoms. The van der Waals surface area contributed by atoms with Crippen LogP contribution in [0.4, 0.5) is 0 Å². The van der Waals surface area contributed by atoms with Crippen LogP contribution in [-0.4, -0.2) is 9.55 Å². The van der Waals surface area contributed by atoms with Crippen LogP contribution in [0.15, 0.2) is 56.7 Å². The summed E-state index contributed by atoms with van der Waals surface area (Å²) in [5.41, 5.74) is 2.57. The van der Waals surface area contributed by atoms with Crippen LogP contribution in [0.3, 0.4) is 0 Å². The Bertz CT molecular complexity index is 1170. The second-order valence-corrected chi connectivity index (χ2v) is 6.89. The molecule has 0 amide bonds. The number of H-pyrrole nitrogens is 1. The number of benzene rings is 1. The van der Waals surface area contributed by atoms with E-state index in [2.05, 4.69) is 4.98 Å². The molecule has 0 bridgehead atoms. The van der Waals surface area contributed by atoms with E-state index in [9.17, 15) is 9.59 Å². The van der Waals surface area contributed by atoms with Crippen LogP contribution < -0.4 is 11.0 Å². The normalized spacial score (nSPS) is 11.6. The van der Waals surface area contributed by atoms with Gasteiger partial charge in [-0.05, 0) is 24.1 Å². The molecule has 0 saturated carbocycles. The van der Waals surface area contributed by atoms with Crippen LogP contribution in [0.2, 0.25) is 0 Å². The smallest absolute Gasteiger partial charge is 0.268 e. The maximum atomic E-state index is 13.2. The standard InChI is InChI=1S/C19H16N2O2S/c1-11(2)16-8-14-17(18(22)13-9-24-10-15(13)20-14)19(23)21(16)12-6-4-3-5-7-12/h3-11,20H,1-2H3. The van der Waals surface area contributed by atoms with Crippen LogP contribution in [-0.2, 0) is 0 Å².